The molecular weight excluding hydrogens is 196 g/mol. The molecule has 0 amide bonds. The lowest BCUT2D eigenvalue weighted by atomic mass is 9.97. The Morgan fingerprint density at radius 3 is 2.75 bits per heavy atom. The first-order valence-corrected chi connectivity index (χ1v) is 6.22. The fourth-order valence-electron chi connectivity index (χ4n) is 2.10. The molecule has 1 aromatic rings. The van der Waals surface area contributed by atoms with E-state index in [2.05, 4.69) is 37.4 Å². The van der Waals surface area contributed by atoms with Crippen molar-refractivity contribution in [2.75, 3.05) is 13.1 Å². The predicted octanol–water partition coefficient (Wildman–Crippen LogP) is 2.30. The van der Waals surface area contributed by atoms with Gasteiger partial charge in [0.2, 0.25) is 0 Å². The van der Waals surface area contributed by atoms with Crippen LogP contribution in [0.15, 0.2) is 18.2 Å². The van der Waals surface area contributed by atoms with Crippen molar-refractivity contribution >= 4 is 0 Å². The van der Waals surface area contributed by atoms with E-state index in [0.29, 0.717) is 12.6 Å². The average Bonchev–Trinajstić information content (AvgIpc) is 3.08. The van der Waals surface area contributed by atoms with Gasteiger partial charge in [0, 0.05) is 12.6 Å². The number of hydrogen-bond acceptors (Lipinski definition) is 2. The van der Waals surface area contributed by atoms with E-state index in [1.165, 1.54) is 29.5 Å². The molecule has 2 rings (SSSR count). The second-order valence-corrected chi connectivity index (χ2v) is 4.93. The molecule has 2 nitrogen and oxygen atoms in total. The number of hydrogen-bond donors (Lipinski definition) is 2. The van der Waals surface area contributed by atoms with Crippen molar-refractivity contribution in [1.29, 1.82) is 0 Å². The van der Waals surface area contributed by atoms with Crippen LogP contribution in [-0.2, 0) is 0 Å². The molecule has 0 radical (unpaired) electrons. The maximum atomic E-state index is 5.87. The Hall–Kier alpha value is -0.860. The van der Waals surface area contributed by atoms with Crippen LogP contribution in [0, 0.1) is 19.8 Å². The second-order valence-electron chi connectivity index (χ2n) is 4.93. The van der Waals surface area contributed by atoms with Crippen LogP contribution in [0.1, 0.15) is 35.6 Å². The van der Waals surface area contributed by atoms with E-state index >= 15 is 0 Å². The molecule has 2 heteroatoms. The Kier molecular flexibility index (Phi) is 3.62. The monoisotopic (exact) mass is 218 g/mol. The first-order chi connectivity index (χ1) is 7.72. The van der Waals surface area contributed by atoms with Crippen LogP contribution in [0.2, 0.25) is 0 Å². The molecule has 1 aromatic carbocycles. The minimum absolute atomic E-state index is 0.320. The van der Waals surface area contributed by atoms with E-state index in [9.17, 15) is 0 Å². The van der Waals surface area contributed by atoms with Gasteiger partial charge in [-0.05, 0) is 55.8 Å². The minimum Gasteiger partial charge on any atom is -0.329 e. The van der Waals surface area contributed by atoms with Gasteiger partial charge in [-0.25, -0.2) is 0 Å². The van der Waals surface area contributed by atoms with Crippen molar-refractivity contribution in [3.05, 3.63) is 34.9 Å². The third-order valence-electron chi connectivity index (χ3n) is 3.61. The van der Waals surface area contributed by atoms with Crippen LogP contribution in [0.5, 0.6) is 0 Å². The van der Waals surface area contributed by atoms with Gasteiger partial charge in [0.15, 0.2) is 0 Å². The molecular formula is C14H22N2. The summed E-state index contributed by atoms with van der Waals surface area (Å²) in [6.07, 6.45) is 2.77. The van der Waals surface area contributed by atoms with Crippen molar-refractivity contribution in [2.24, 2.45) is 11.7 Å². The van der Waals surface area contributed by atoms with Crippen LogP contribution < -0.4 is 11.1 Å². The van der Waals surface area contributed by atoms with Gasteiger partial charge < -0.3 is 11.1 Å². The molecule has 88 valence electrons. The molecule has 1 saturated carbocycles. The zero-order valence-electron chi connectivity index (χ0n) is 10.3. The number of rotatable bonds is 5. The maximum absolute atomic E-state index is 5.87. The smallest absolute Gasteiger partial charge is 0.0447 e. The lowest BCUT2D eigenvalue weighted by Crippen LogP contribution is -2.30. The van der Waals surface area contributed by atoms with E-state index in [1.54, 1.807) is 0 Å². The molecule has 1 aliphatic rings. The fourth-order valence-corrected chi connectivity index (χ4v) is 2.10. The summed E-state index contributed by atoms with van der Waals surface area (Å²) >= 11 is 0. The number of benzene rings is 1. The summed E-state index contributed by atoms with van der Waals surface area (Å²) in [5, 5.41) is 3.59. The third-order valence-corrected chi connectivity index (χ3v) is 3.61. The molecule has 0 heterocycles. The highest BCUT2D eigenvalue weighted by Gasteiger charge is 2.22. The molecule has 3 N–H and O–H groups in total. The van der Waals surface area contributed by atoms with Gasteiger partial charge in [-0.15, -0.1) is 0 Å². The third kappa shape index (κ3) is 2.63. The number of nitrogens with two attached hydrogens (primary N) is 1. The van der Waals surface area contributed by atoms with E-state index in [-0.39, 0.29) is 0 Å². The van der Waals surface area contributed by atoms with E-state index in [4.69, 9.17) is 5.73 Å². The van der Waals surface area contributed by atoms with Crippen molar-refractivity contribution in [3.63, 3.8) is 0 Å². The lowest BCUT2D eigenvalue weighted by molar-refractivity contribution is 0.520. The summed E-state index contributed by atoms with van der Waals surface area (Å²) in [4.78, 5) is 0. The molecule has 0 spiro atoms. The highest BCUT2D eigenvalue weighted by Crippen LogP contribution is 2.29. The van der Waals surface area contributed by atoms with Gasteiger partial charge in [-0.3, -0.25) is 0 Å². The van der Waals surface area contributed by atoms with Crippen molar-refractivity contribution < 1.29 is 0 Å². The summed E-state index contributed by atoms with van der Waals surface area (Å²) in [6, 6.07) is 6.80. The zero-order valence-corrected chi connectivity index (χ0v) is 10.3. The number of aryl methyl sites for hydroxylation is 1. The molecule has 16 heavy (non-hydrogen) atoms. The van der Waals surface area contributed by atoms with E-state index < -0.39 is 0 Å². The molecule has 1 fully saturated rings. The van der Waals surface area contributed by atoms with Crippen LogP contribution in [0.25, 0.3) is 0 Å². The van der Waals surface area contributed by atoms with Gasteiger partial charge in [0.05, 0.1) is 0 Å². The van der Waals surface area contributed by atoms with Crippen LogP contribution in [-0.4, -0.2) is 13.1 Å². The first kappa shape index (κ1) is 11.6. The van der Waals surface area contributed by atoms with Crippen LogP contribution >= 0.6 is 0 Å². The molecule has 0 saturated heterocycles. The second kappa shape index (κ2) is 4.98. The number of nitrogens with one attached hydrogen (secondary N) is 1. The molecule has 0 bridgehead atoms. The SMILES string of the molecule is Cc1cccc(C(CN)NCC2CC2)c1C. The fraction of sp³-hybridized carbons (Fsp3) is 0.571. The van der Waals surface area contributed by atoms with Gasteiger partial charge >= 0.3 is 0 Å². The predicted molar refractivity (Wildman–Crippen MR) is 68.4 cm³/mol. The van der Waals surface area contributed by atoms with E-state index in [0.717, 1.165) is 12.5 Å². The molecule has 1 aliphatic carbocycles. The summed E-state index contributed by atoms with van der Waals surface area (Å²) in [6.45, 7) is 6.14. The van der Waals surface area contributed by atoms with E-state index in [1.807, 2.05) is 0 Å². The zero-order chi connectivity index (χ0) is 11.5. The Balaban J connectivity index is 2.08. The summed E-state index contributed by atoms with van der Waals surface area (Å²) < 4.78 is 0. The van der Waals surface area contributed by atoms with Crippen LogP contribution in [0.4, 0.5) is 0 Å². The van der Waals surface area contributed by atoms with Gasteiger partial charge in [-0.2, -0.15) is 0 Å². The maximum Gasteiger partial charge on any atom is 0.0447 e. The molecule has 1 unspecified atom stereocenters. The topological polar surface area (TPSA) is 38.0 Å². The van der Waals surface area contributed by atoms with Crippen molar-refractivity contribution in [1.82, 2.24) is 5.32 Å². The summed E-state index contributed by atoms with van der Waals surface area (Å²) in [5.41, 5.74) is 9.96. The molecule has 0 aliphatic heterocycles. The Morgan fingerprint density at radius 1 is 1.38 bits per heavy atom. The average molecular weight is 218 g/mol. The Morgan fingerprint density at radius 2 is 2.12 bits per heavy atom. The first-order valence-electron chi connectivity index (χ1n) is 6.22. The Labute approximate surface area is 98.2 Å². The normalized spacial score (nSPS) is 17.4. The molecule has 1 atom stereocenters. The van der Waals surface area contributed by atoms with Gasteiger partial charge in [-0.1, -0.05) is 18.2 Å². The summed E-state index contributed by atoms with van der Waals surface area (Å²) in [7, 11) is 0. The van der Waals surface area contributed by atoms with Crippen molar-refractivity contribution in [2.45, 2.75) is 32.7 Å². The molecule has 0 aromatic heterocycles. The standard InChI is InChI=1S/C14H22N2/c1-10-4-3-5-13(11(10)2)14(8-15)16-9-12-6-7-12/h3-5,12,14,16H,6-9,15H2,1-2H3. The largest absolute Gasteiger partial charge is 0.329 e. The highest BCUT2D eigenvalue weighted by molar-refractivity contribution is 5.35. The minimum atomic E-state index is 0.320. The van der Waals surface area contributed by atoms with Gasteiger partial charge in [0.1, 0.15) is 0 Å². The lowest BCUT2D eigenvalue weighted by Gasteiger charge is -2.20. The van der Waals surface area contributed by atoms with Crippen LogP contribution in [0.3, 0.4) is 0 Å². The van der Waals surface area contributed by atoms with Crippen molar-refractivity contribution in [3.8, 4) is 0 Å². The quantitative estimate of drug-likeness (QED) is 0.796. The summed E-state index contributed by atoms with van der Waals surface area (Å²) in [5.74, 6) is 0.902. The van der Waals surface area contributed by atoms with Gasteiger partial charge in [0.25, 0.3) is 0 Å². The Bertz CT molecular complexity index is 356. The highest BCUT2D eigenvalue weighted by atomic mass is 14.9.